The van der Waals surface area contributed by atoms with Gasteiger partial charge in [0, 0.05) is 37.6 Å². The average molecular weight is 323 g/mol. The van der Waals surface area contributed by atoms with Crippen LogP contribution in [0.3, 0.4) is 0 Å². The Balaban J connectivity index is 1.61. The van der Waals surface area contributed by atoms with Gasteiger partial charge >= 0.3 is 6.03 Å². The zero-order valence-electron chi connectivity index (χ0n) is 14.7. The Kier molecular flexibility index (Phi) is 4.74. The van der Waals surface area contributed by atoms with Gasteiger partial charge in [0.05, 0.1) is 0 Å². The predicted molar refractivity (Wildman–Crippen MR) is 99.9 cm³/mol. The standard InChI is InChI=1S/C20H25N3O/c1-15-8-6-9-18(17(15)3)21-20(24)23-13-11-22(12-14-23)19-10-5-4-7-16(19)2/h4-10H,11-14H2,1-3H3,(H,21,24). The predicted octanol–water partition coefficient (Wildman–Crippen LogP) is 3.97. The van der Waals surface area contributed by atoms with Crippen molar-refractivity contribution in [3.05, 3.63) is 59.2 Å². The molecule has 2 amide bonds. The molecule has 3 rings (SSSR count). The third kappa shape index (κ3) is 3.37. The van der Waals surface area contributed by atoms with E-state index < -0.39 is 0 Å². The molecule has 2 aromatic carbocycles. The lowest BCUT2D eigenvalue weighted by atomic mass is 10.1. The zero-order valence-corrected chi connectivity index (χ0v) is 14.7. The van der Waals surface area contributed by atoms with E-state index in [1.165, 1.54) is 16.8 Å². The molecule has 1 aliphatic rings. The number of amides is 2. The third-order valence-electron chi connectivity index (χ3n) is 4.87. The van der Waals surface area contributed by atoms with E-state index in [2.05, 4.69) is 54.4 Å². The number of hydrogen-bond acceptors (Lipinski definition) is 2. The van der Waals surface area contributed by atoms with E-state index in [0.717, 1.165) is 37.4 Å². The first-order chi connectivity index (χ1) is 11.6. The quantitative estimate of drug-likeness (QED) is 0.908. The highest BCUT2D eigenvalue weighted by Gasteiger charge is 2.22. The van der Waals surface area contributed by atoms with Crippen molar-refractivity contribution in [2.75, 3.05) is 36.4 Å². The van der Waals surface area contributed by atoms with Crippen LogP contribution in [-0.2, 0) is 0 Å². The minimum atomic E-state index is -0.00636. The van der Waals surface area contributed by atoms with Crippen LogP contribution in [0.25, 0.3) is 0 Å². The number of aryl methyl sites for hydroxylation is 2. The molecule has 4 heteroatoms. The average Bonchev–Trinajstić information content (AvgIpc) is 2.59. The molecule has 0 spiro atoms. The summed E-state index contributed by atoms with van der Waals surface area (Å²) in [6.07, 6.45) is 0. The van der Waals surface area contributed by atoms with E-state index in [0.29, 0.717) is 0 Å². The second-order valence-electron chi connectivity index (χ2n) is 6.44. The van der Waals surface area contributed by atoms with Crippen LogP contribution in [0.5, 0.6) is 0 Å². The Bertz CT molecular complexity index is 733. The second kappa shape index (κ2) is 6.95. The Morgan fingerprint density at radius 3 is 2.25 bits per heavy atom. The van der Waals surface area contributed by atoms with Gasteiger partial charge in [-0.2, -0.15) is 0 Å². The molecular formula is C20H25N3O. The topological polar surface area (TPSA) is 35.6 Å². The maximum atomic E-state index is 12.5. The molecule has 1 N–H and O–H groups in total. The van der Waals surface area contributed by atoms with Gasteiger partial charge < -0.3 is 15.1 Å². The highest BCUT2D eigenvalue weighted by Crippen LogP contribution is 2.22. The van der Waals surface area contributed by atoms with Gasteiger partial charge in [0.15, 0.2) is 0 Å². The summed E-state index contributed by atoms with van der Waals surface area (Å²) in [5.74, 6) is 0. The number of nitrogens with one attached hydrogen (secondary N) is 1. The fourth-order valence-corrected chi connectivity index (χ4v) is 3.15. The van der Waals surface area contributed by atoms with Gasteiger partial charge in [0.25, 0.3) is 0 Å². The molecule has 126 valence electrons. The number of nitrogens with zero attached hydrogens (tertiary/aromatic N) is 2. The van der Waals surface area contributed by atoms with Crippen LogP contribution >= 0.6 is 0 Å². The summed E-state index contributed by atoms with van der Waals surface area (Å²) in [6, 6.07) is 14.4. The van der Waals surface area contributed by atoms with Gasteiger partial charge in [-0.3, -0.25) is 0 Å². The molecule has 0 unspecified atom stereocenters. The summed E-state index contributed by atoms with van der Waals surface area (Å²) in [4.78, 5) is 16.8. The van der Waals surface area contributed by atoms with Crippen LogP contribution in [0, 0.1) is 20.8 Å². The normalized spacial score (nSPS) is 14.6. The summed E-state index contributed by atoms with van der Waals surface area (Å²) in [7, 11) is 0. The molecule has 0 bridgehead atoms. The molecule has 1 aliphatic heterocycles. The van der Waals surface area contributed by atoms with Crippen molar-refractivity contribution in [1.82, 2.24) is 4.90 Å². The Morgan fingerprint density at radius 1 is 0.875 bits per heavy atom. The fraction of sp³-hybridized carbons (Fsp3) is 0.350. The number of carbonyl (C=O) groups is 1. The van der Waals surface area contributed by atoms with Crippen molar-refractivity contribution in [3.8, 4) is 0 Å². The fourth-order valence-electron chi connectivity index (χ4n) is 3.15. The molecule has 4 nitrogen and oxygen atoms in total. The third-order valence-corrected chi connectivity index (χ3v) is 4.87. The van der Waals surface area contributed by atoms with Crippen molar-refractivity contribution < 1.29 is 4.79 Å². The van der Waals surface area contributed by atoms with Crippen LogP contribution in [0.4, 0.5) is 16.2 Å². The smallest absolute Gasteiger partial charge is 0.321 e. The number of anilines is 2. The van der Waals surface area contributed by atoms with Crippen molar-refractivity contribution >= 4 is 17.4 Å². The molecule has 0 radical (unpaired) electrons. The molecule has 1 heterocycles. The molecule has 1 fully saturated rings. The number of benzene rings is 2. The first-order valence-corrected chi connectivity index (χ1v) is 8.49. The van der Waals surface area contributed by atoms with E-state index in [9.17, 15) is 4.79 Å². The van der Waals surface area contributed by atoms with Gasteiger partial charge in [-0.05, 0) is 49.6 Å². The van der Waals surface area contributed by atoms with Crippen LogP contribution in [0.15, 0.2) is 42.5 Å². The van der Waals surface area contributed by atoms with Crippen molar-refractivity contribution in [3.63, 3.8) is 0 Å². The lowest BCUT2D eigenvalue weighted by molar-refractivity contribution is 0.208. The number of rotatable bonds is 2. The Hall–Kier alpha value is -2.49. The zero-order chi connectivity index (χ0) is 17.1. The van der Waals surface area contributed by atoms with Gasteiger partial charge in [-0.15, -0.1) is 0 Å². The summed E-state index contributed by atoms with van der Waals surface area (Å²) in [5, 5.41) is 3.06. The van der Waals surface area contributed by atoms with Crippen molar-refractivity contribution in [2.45, 2.75) is 20.8 Å². The van der Waals surface area contributed by atoms with Gasteiger partial charge in [-0.25, -0.2) is 4.79 Å². The summed E-state index contributed by atoms with van der Waals surface area (Å²) >= 11 is 0. The monoisotopic (exact) mass is 323 g/mol. The summed E-state index contributed by atoms with van der Waals surface area (Å²) in [5.41, 5.74) is 5.78. The van der Waals surface area contributed by atoms with Crippen LogP contribution < -0.4 is 10.2 Å². The van der Waals surface area contributed by atoms with E-state index in [1.54, 1.807) is 0 Å². The van der Waals surface area contributed by atoms with E-state index in [4.69, 9.17) is 0 Å². The Morgan fingerprint density at radius 2 is 1.54 bits per heavy atom. The summed E-state index contributed by atoms with van der Waals surface area (Å²) in [6.45, 7) is 9.45. The number of hydrogen-bond donors (Lipinski definition) is 1. The minimum Gasteiger partial charge on any atom is -0.368 e. The molecule has 24 heavy (non-hydrogen) atoms. The van der Waals surface area contributed by atoms with E-state index in [1.807, 2.05) is 24.0 Å². The molecule has 1 saturated heterocycles. The molecular weight excluding hydrogens is 298 g/mol. The first-order valence-electron chi connectivity index (χ1n) is 8.49. The van der Waals surface area contributed by atoms with E-state index in [-0.39, 0.29) is 6.03 Å². The highest BCUT2D eigenvalue weighted by molar-refractivity contribution is 5.90. The SMILES string of the molecule is Cc1ccccc1N1CCN(C(=O)Nc2cccc(C)c2C)CC1. The van der Waals surface area contributed by atoms with E-state index >= 15 is 0 Å². The maximum Gasteiger partial charge on any atom is 0.321 e. The lowest BCUT2D eigenvalue weighted by Gasteiger charge is -2.36. The van der Waals surface area contributed by atoms with Crippen molar-refractivity contribution in [2.24, 2.45) is 0 Å². The Labute approximate surface area is 144 Å². The highest BCUT2D eigenvalue weighted by atomic mass is 16.2. The number of para-hydroxylation sites is 1. The number of piperazine rings is 1. The maximum absolute atomic E-state index is 12.5. The molecule has 0 atom stereocenters. The number of carbonyl (C=O) groups excluding carboxylic acids is 1. The van der Waals surface area contributed by atoms with Crippen LogP contribution in [-0.4, -0.2) is 37.1 Å². The molecule has 0 saturated carbocycles. The second-order valence-corrected chi connectivity index (χ2v) is 6.44. The minimum absolute atomic E-state index is 0.00636. The van der Waals surface area contributed by atoms with Crippen LogP contribution in [0.2, 0.25) is 0 Å². The van der Waals surface area contributed by atoms with Crippen LogP contribution in [0.1, 0.15) is 16.7 Å². The largest absolute Gasteiger partial charge is 0.368 e. The van der Waals surface area contributed by atoms with Crippen molar-refractivity contribution in [1.29, 1.82) is 0 Å². The van der Waals surface area contributed by atoms with Gasteiger partial charge in [0.2, 0.25) is 0 Å². The molecule has 0 aliphatic carbocycles. The lowest BCUT2D eigenvalue weighted by Crippen LogP contribution is -2.50. The number of urea groups is 1. The first kappa shape index (κ1) is 16.4. The molecule has 2 aromatic rings. The molecule has 0 aromatic heterocycles. The van der Waals surface area contributed by atoms with Gasteiger partial charge in [0.1, 0.15) is 0 Å². The van der Waals surface area contributed by atoms with Gasteiger partial charge in [-0.1, -0.05) is 30.3 Å². The summed E-state index contributed by atoms with van der Waals surface area (Å²) < 4.78 is 0.